The molecule has 1 aromatic rings. The van der Waals surface area contributed by atoms with E-state index in [-0.39, 0.29) is 17.7 Å². The number of rotatable bonds is 8. The number of nitrogens with one attached hydrogen (secondary N) is 2. The van der Waals surface area contributed by atoms with E-state index in [1.807, 2.05) is 6.92 Å². The Morgan fingerprint density at radius 3 is 2.90 bits per heavy atom. The molecule has 1 aliphatic rings. The molecule has 2 N–H and O–H groups in total. The Hall–Kier alpha value is -1.40. The largest absolute Gasteiger partial charge is 0.382 e. The van der Waals surface area contributed by atoms with E-state index >= 15 is 0 Å². The van der Waals surface area contributed by atoms with Crippen LogP contribution < -0.4 is 10.6 Å². The van der Waals surface area contributed by atoms with Gasteiger partial charge in [-0.25, -0.2) is 0 Å². The van der Waals surface area contributed by atoms with Crippen LogP contribution in [0, 0.1) is 5.92 Å². The van der Waals surface area contributed by atoms with Gasteiger partial charge in [0.25, 0.3) is 5.91 Å². The minimum Gasteiger partial charge on any atom is -0.382 e. The van der Waals surface area contributed by atoms with Crippen molar-refractivity contribution in [1.29, 1.82) is 0 Å². The molecule has 110 valence electrons. The fourth-order valence-corrected chi connectivity index (χ4v) is 2.53. The first-order chi connectivity index (χ1) is 9.70. The summed E-state index contributed by atoms with van der Waals surface area (Å²) in [4.78, 5) is 24.1. The Labute approximate surface area is 122 Å². The van der Waals surface area contributed by atoms with Gasteiger partial charge in [-0.05, 0) is 38.3 Å². The third-order valence-electron chi connectivity index (χ3n) is 2.98. The molecule has 0 aliphatic heterocycles. The number of hydrogen-bond acceptors (Lipinski definition) is 4. The molecule has 0 unspecified atom stereocenters. The normalized spacial score (nSPS) is 14.1. The Bertz CT molecular complexity index is 469. The van der Waals surface area contributed by atoms with Crippen molar-refractivity contribution in [2.45, 2.75) is 26.2 Å². The summed E-state index contributed by atoms with van der Waals surface area (Å²) in [6, 6.07) is 3.52. The van der Waals surface area contributed by atoms with Crippen LogP contribution in [-0.2, 0) is 9.53 Å². The fourth-order valence-electron chi connectivity index (χ4n) is 1.70. The van der Waals surface area contributed by atoms with Crippen molar-refractivity contribution >= 4 is 28.2 Å². The van der Waals surface area contributed by atoms with Crippen molar-refractivity contribution in [1.82, 2.24) is 5.32 Å². The number of thiophene rings is 1. The molecule has 1 saturated carbocycles. The molecule has 1 fully saturated rings. The number of anilines is 1. The summed E-state index contributed by atoms with van der Waals surface area (Å²) >= 11 is 1.31. The van der Waals surface area contributed by atoms with Crippen LogP contribution in [-0.4, -0.2) is 31.6 Å². The smallest absolute Gasteiger partial charge is 0.261 e. The topological polar surface area (TPSA) is 67.4 Å². The highest BCUT2D eigenvalue weighted by atomic mass is 32.1. The van der Waals surface area contributed by atoms with Gasteiger partial charge in [0, 0.05) is 25.7 Å². The van der Waals surface area contributed by atoms with E-state index in [1.165, 1.54) is 11.3 Å². The summed E-state index contributed by atoms with van der Waals surface area (Å²) in [7, 11) is 0. The van der Waals surface area contributed by atoms with E-state index in [9.17, 15) is 9.59 Å². The lowest BCUT2D eigenvalue weighted by Crippen LogP contribution is -2.24. The maximum absolute atomic E-state index is 11.9. The van der Waals surface area contributed by atoms with Gasteiger partial charge in [-0.3, -0.25) is 9.59 Å². The number of carbonyl (C=O) groups is 2. The average molecular weight is 296 g/mol. The second-order valence-corrected chi connectivity index (χ2v) is 5.82. The van der Waals surface area contributed by atoms with Crippen LogP contribution >= 0.6 is 11.3 Å². The van der Waals surface area contributed by atoms with E-state index < -0.39 is 0 Å². The van der Waals surface area contributed by atoms with E-state index in [0.717, 1.165) is 24.3 Å². The molecule has 0 spiro atoms. The Morgan fingerprint density at radius 2 is 2.20 bits per heavy atom. The highest BCUT2D eigenvalue weighted by molar-refractivity contribution is 7.18. The van der Waals surface area contributed by atoms with Gasteiger partial charge < -0.3 is 15.4 Å². The van der Waals surface area contributed by atoms with Gasteiger partial charge in [0.15, 0.2) is 0 Å². The van der Waals surface area contributed by atoms with Gasteiger partial charge in [0.2, 0.25) is 5.91 Å². The lowest BCUT2D eigenvalue weighted by Gasteiger charge is -2.03. The molecule has 1 aliphatic carbocycles. The Morgan fingerprint density at radius 1 is 1.40 bits per heavy atom. The zero-order valence-electron chi connectivity index (χ0n) is 11.6. The first-order valence-corrected chi connectivity index (χ1v) is 7.79. The van der Waals surface area contributed by atoms with E-state index in [0.29, 0.717) is 24.6 Å². The number of carbonyl (C=O) groups excluding carboxylic acids is 2. The second-order valence-electron chi connectivity index (χ2n) is 4.73. The van der Waals surface area contributed by atoms with Gasteiger partial charge in [-0.15, -0.1) is 11.3 Å². The maximum Gasteiger partial charge on any atom is 0.261 e. The van der Waals surface area contributed by atoms with Crippen molar-refractivity contribution in [3.8, 4) is 0 Å². The van der Waals surface area contributed by atoms with Crippen LogP contribution in [0.4, 0.5) is 5.00 Å². The molecule has 6 heteroatoms. The molecule has 0 bridgehead atoms. The Balaban J connectivity index is 1.73. The quantitative estimate of drug-likeness (QED) is 0.723. The molecule has 2 rings (SSSR count). The number of ether oxygens (including phenoxy) is 1. The molecule has 0 radical (unpaired) electrons. The summed E-state index contributed by atoms with van der Waals surface area (Å²) in [5.41, 5.74) is 0. The third-order valence-corrected chi connectivity index (χ3v) is 3.98. The van der Waals surface area contributed by atoms with Crippen LogP contribution in [0.1, 0.15) is 35.9 Å². The third kappa shape index (κ3) is 4.61. The van der Waals surface area contributed by atoms with E-state index in [1.54, 1.807) is 12.1 Å². The van der Waals surface area contributed by atoms with Gasteiger partial charge >= 0.3 is 0 Å². The fraction of sp³-hybridized carbons (Fsp3) is 0.571. The molecule has 1 heterocycles. The minimum atomic E-state index is -0.0987. The van der Waals surface area contributed by atoms with Crippen LogP contribution in [0.15, 0.2) is 12.1 Å². The number of amides is 2. The standard InChI is InChI=1S/C14H20N2O3S/c1-2-19-9-3-8-15-14(18)11-6-7-12(20-11)16-13(17)10-4-5-10/h6-7,10H,2-5,8-9H2,1H3,(H,15,18)(H,16,17). The summed E-state index contributed by atoms with van der Waals surface area (Å²) in [6.45, 7) is 3.90. The highest BCUT2D eigenvalue weighted by Crippen LogP contribution is 2.31. The van der Waals surface area contributed by atoms with E-state index in [4.69, 9.17) is 4.74 Å². The lowest BCUT2D eigenvalue weighted by molar-refractivity contribution is -0.117. The first-order valence-electron chi connectivity index (χ1n) is 6.97. The van der Waals surface area contributed by atoms with Gasteiger partial charge in [-0.1, -0.05) is 0 Å². The molecule has 5 nitrogen and oxygen atoms in total. The average Bonchev–Trinajstić information content (AvgIpc) is 3.19. The summed E-state index contributed by atoms with van der Waals surface area (Å²) < 4.78 is 5.20. The monoisotopic (exact) mass is 296 g/mol. The minimum absolute atomic E-state index is 0.0653. The van der Waals surface area contributed by atoms with Crippen molar-refractivity contribution in [2.75, 3.05) is 25.1 Å². The molecule has 0 aromatic carbocycles. The second kappa shape index (κ2) is 7.40. The number of hydrogen-bond donors (Lipinski definition) is 2. The zero-order valence-corrected chi connectivity index (χ0v) is 12.4. The summed E-state index contributed by atoms with van der Waals surface area (Å²) in [5.74, 6) is 0.141. The lowest BCUT2D eigenvalue weighted by atomic mass is 10.4. The van der Waals surface area contributed by atoms with Crippen molar-refractivity contribution < 1.29 is 14.3 Å². The first kappa shape index (κ1) is 15.0. The molecule has 2 amide bonds. The van der Waals surface area contributed by atoms with Crippen molar-refractivity contribution in [3.05, 3.63) is 17.0 Å². The highest BCUT2D eigenvalue weighted by Gasteiger charge is 2.29. The molecular weight excluding hydrogens is 276 g/mol. The van der Waals surface area contributed by atoms with Crippen LogP contribution in [0.5, 0.6) is 0 Å². The predicted molar refractivity (Wildman–Crippen MR) is 79.1 cm³/mol. The molecule has 0 saturated heterocycles. The maximum atomic E-state index is 11.9. The zero-order chi connectivity index (χ0) is 14.4. The van der Waals surface area contributed by atoms with E-state index in [2.05, 4.69) is 10.6 Å². The van der Waals surface area contributed by atoms with Gasteiger partial charge in [0.05, 0.1) is 9.88 Å². The molecular formula is C14H20N2O3S. The van der Waals surface area contributed by atoms with Gasteiger partial charge in [-0.2, -0.15) is 0 Å². The van der Waals surface area contributed by atoms with Crippen LogP contribution in [0.3, 0.4) is 0 Å². The molecule has 0 atom stereocenters. The molecule has 1 aromatic heterocycles. The summed E-state index contributed by atoms with van der Waals surface area (Å²) in [6.07, 6.45) is 2.75. The van der Waals surface area contributed by atoms with Crippen LogP contribution in [0.2, 0.25) is 0 Å². The SMILES string of the molecule is CCOCCCNC(=O)c1ccc(NC(=O)C2CC2)s1. The van der Waals surface area contributed by atoms with Gasteiger partial charge in [0.1, 0.15) is 0 Å². The predicted octanol–water partition coefficient (Wildman–Crippen LogP) is 2.25. The van der Waals surface area contributed by atoms with Crippen LogP contribution in [0.25, 0.3) is 0 Å². The van der Waals surface area contributed by atoms with Crippen molar-refractivity contribution in [3.63, 3.8) is 0 Å². The molecule has 20 heavy (non-hydrogen) atoms. The Kier molecular flexibility index (Phi) is 5.55. The van der Waals surface area contributed by atoms with Crippen molar-refractivity contribution in [2.24, 2.45) is 5.92 Å². The summed E-state index contributed by atoms with van der Waals surface area (Å²) in [5, 5.41) is 6.42.